The maximum absolute atomic E-state index is 11.6. The summed E-state index contributed by atoms with van der Waals surface area (Å²) in [7, 11) is 1.38. The molecule has 0 bridgehead atoms. The lowest BCUT2D eigenvalue weighted by atomic mass is 10.0. The number of rotatable bonds is 7. The normalized spacial score (nSPS) is 10.9. The SMILES string of the molecule is COC(=O)c1ccc(COc2ccc3cc(-c4ccc(-c5ccccc5)n4-c4ccccc4)ccc3c2)cc1. The van der Waals surface area contributed by atoms with Crippen molar-refractivity contribution in [3.8, 4) is 34.0 Å². The van der Waals surface area contributed by atoms with E-state index in [4.69, 9.17) is 9.47 Å². The van der Waals surface area contributed by atoms with E-state index in [1.807, 2.05) is 30.3 Å². The zero-order valence-corrected chi connectivity index (χ0v) is 21.6. The molecule has 0 spiro atoms. The van der Waals surface area contributed by atoms with Crippen LogP contribution in [0.5, 0.6) is 5.75 Å². The summed E-state index contributed by atoms with van der Waals surface area (Å²) < 4.78 is 13.1. The molecular formula is C35H27NO3. The van der Waals surface area contributed by atoms with Gasteiger partial charge in [-0.25, -0.2) is 4.79 Å². The summed E-state index contributed by atoms with van der Waals surface area (Å²) in [6.45, 7) is 0.415. The molecule has 6 rings (SSSR count). The fourth-order valence-corrected chi connectivity index (χ4v) is 4.85. The van der Waals surface area contributed by atoms with Crippen molar-refractivity contribution < 1.29 is 14.3 Å². The maximum atomic E-state index is 11.6. The van der Waals surface area contributed by atoms with Gasteiger partial charge in [0.05, 0.1) is 24.1 Å². The number of methoxy groups -OCH3 is 1. The summed E-state index contributed by atoms with van der Waals surface area (Å²) in [6, 6.07) is 45.3. The van der Waals surface area contributed by atoms with Crippen LogP contribution in [0.15, 0.2) is 133 Å². The molecule has 6 aromatic rings. The zero-order valence-electron chi connectivity index (χ0n) is 21.6. The third-order valence-electron chi connectivity index (χ3n) is 6.85. The Morgan fingerprint density at radius 1 is 0.641 bits per heavy atom. The Kier molecular flexibility index (Phi) is 6.67. The predicted octanol–water partition coefficient (Wildman–Crippen LogP) is 8.33. The fraction of sp³-hybridized carbons (Fsp3) is 0.0571. The van der Waals surface area contributed by atoms with Crippen LogP contribution in [-0.2, 0) is 11.3 Å². The number of nitrogens with zero attached hydrogens (tertiary/aromatic N) is 1. The van der Waals surface area contributed by atoms with Gasteiger partial charge in [0, 0.05) is 5.69 Å². The number of para-hydroxylation sites is 1. The number of aromatic nitrogens is 1. The van der Waals surface area contributed by atoms with Gasteiger partial charge in [0.15, 0.2) is 0 Å². The van der Waals surface area contributed by atoms with Gasteiger partial charge in [-0.2, -0.15) is 0 Å². The van der Waals surface area contributed by atoms with Crippen LogP contribution in [0.1, 0.15) is 15.9 Å². The van der Waals surface area contributed by atoms with Crippen molar-refractivity contribution in [2.45, 2.75) is 6.61 Å². The Labute approximate surface area is 227 Å². The van der Waals surface area contributed by atoms with Gasteiger partial charge in [-0.3, -0.25) is 0 Å². The number of hydrogen-bond donors (Lipinski definition) is 0. The van der Waals surface area contributed by atoms with E-state index in [0.29, 0.717) is 12.2 Å². The lowest BCUT2D eigenvalue weighted by Gasteiger charge is -2.15. The number of carbonyl (C=O) groups is 1. The first kappa shape index (κ1) is 24.3. The molecule has 0 fully saturated rings. The summed E-state index contributed by atoms with van der Waals surface area (Å²) in [5.74, 6) is 0.454. The van der Waals surface area contributed by atoms with Crippen molar-refractivity contribution in [2.75, 3.05) is 7.11 Å². The first-order chi connectivity index (χ1) is 19.2. The third kappa shape index (κ3) is 5.05. The van der Waals surface area contributed by atoms with Crippen molar-refractivity contribution in [2.24, 2.45) is 0 Å². The molecule has 0 atom stereocenters. The maximum Gasteiger partial charge on any atom is 0.337 e. The molecule has 190 valence electrons. The van der Waals surface area contributed by atoms with E-state index >= 15 is 0 Å². The number of hydrogen-bond acceptors (Lipinski definition) is 3. The van der Waals surface area contributed by atoms with Crippen LogP contribution >= 0.6 is 0 Å². The van der Waals surface area contributed by atoms with Crippen LogP contribution in [0.2, 0.25) is 0 Å². The highest BCUT2D eigenvalue weighted by Gasteiger charge is 2.14. The number of carbonyl (C=O) groups excluding carboxylic acids is 1. The second-order valence-corrected chi connectivity index (χ2v) is 9.34. The molecule has 0 saturated heterocycles. The minimum Gasteiger partial charge on any atom is -0.489 e. The van der Waals surface area contributed by atoms with E-state index in [9.17, 15) is 4.79 Å². The summed E-state index contributed by atoms with van der Waals surface area (Å²) in [5, 5.41) is 2.25. The van der Waals surface area contributed by atoms with Gasteiger partial charge >= 0.3 is 5.97 Å². The predicted molar refractivity (Wildman–Crippen MR) is 156 cm³/mol. The van der Waals surface area contributed by atoms with Gasteiger partial charge in [0.25, 0.3) is 0 Å². The van der Waals surface area contributed by atoms with Crippen molar-refractivity contribution in [3.05, 3.63) is 145 Å². The average Bonchev–Trinajstić information content (AvgIpc) is 3.46. The smallest absolute Gasteiger partial charge is 0.337 e. The Bertz CT molecular complexity index is 1740. The number of benzene rings is 5. The molecular weight excluding hydrogens is 482 g/mol. The third-order valence-corrected chi connectivity index (χ3v) is 6.85. The van der Waals surface area contributed by atoms with Gasteiger partial charge in [-0.05, 0) is 82.1 Å². The highest BCUT2D eigenvalue weighted by molar-refractivity contribution is 5.90. The van der Waals surface area contributed by atoms with E-state index in [-0.39, 0.29) is 5.97 Å². The summed E-state index contributed by atoms with van der Waals surface area (Å²) in [4.78, 5) is 11.6. The molecule has 39 heavy (non-hydrogen) atoms. The number of fused-ring (bicyclic) bond motifs is 1. The van der Waals surface area contributed by atoms with Crippen LogP contribution in [0.4, 0.5) is 0 Å². The van der Waals surface area contributed by atoms with Crippen LogP contribution in [0.3, 0.4) is 0 Å². The fourth-order valence-electron chi connectivity index (χ4n) is 4.85. The highest BCUT2D eigenvalue weighted by Crippen LogP contribution is 2.34. The van der Waals surface area contributed by atoms with Gasteiger partial charge in [-0.15, -0.1) is 0 Å². The van der Waals surface area contributed by atoms with Crippen molar-refractivity contribution in [3.63, 3.8) is 0 Å². The standard InChI is InChI=1S/C35H27NO3/c1-38-35(37)27-14-12-25(13-15-27)24-39-32-19-18-28-22-30(17-16-29(28)23-32)34-21-20-33(26-8-4-2-5-9-26)36(34)31-10-6-3-7-11-31/h2-23H,24H2,1H3. The van der Waals surface area contributed by atoms with E-state index in [1.54, 1.807) is 12.1 Å². The Morgan fingerprint density at radius 3 is 2.00 bits per heavy atom. The molecule has 0 amide bonds. The Balaban J connectivity index is 1.28. The molecule has 0 aliphatic rings. The minimum absolute atomic E-state index is 0.344. The van der Waals surface area contributed by atoms with E-state index in [0.717, 1.165) is 44.7 Å². The molecule has 0 aliphatic heterocycles. The molecule has 4 heteroatoms. The molecule has 0 N–H and O–H groups in total. The largest absolute Gasteiger partial charge is 0.489 e. The van der Waals surface area contributed by atoms with Crippen LogP contribution in [0.25, 0.3) is 39.0 Å². The van der Waals surface area contributed by atoms with Crippen molar-refractivity contribution >= 4 is 16.7 Å². The molecule has 0 aliphatic carbocycles. The highest BCUT2D eigenvalue weighted by atomic mass is 16.5. The Hall–Kier alpha value is -5.09. The van der Waals surface area contributed by atoms with E-state index in [1.165, 1.54) is 12.7 Å². The topological polar surface area (TPSA) is 40.5 Å². The van der Waals surface area contributed by atoms with Crippen LogP contribution in [0, 0.1) is 0 Å². The molecule has 1 aromatic heterocycles. The summed E-state index contributed by atoms with van der Waals surface area (Å²) in [6.07, 6.45) is 0. The first-order valence-corrected chi connectivity index (χ1v) is 12.9. The van der Waals surface area contributed by atoms with Crippen LogP contribution in [-0.4, -0.2) is 17.6 Å². The second kappa shape index (κ2) is 10.7. The summed E-state index contributed by atoms with van der Waals surface area (Å²) in [5.41, 5.74) is 7.24. The minimum atomic E-state index is -0.344. The van der Waals surface area contributed by atoms with Gasteiger partial charge in [0.1, 0.15) is 12.4 Å². The molecule has 0 saturated carbocycles. The summed E-state index contributed by atoms with van der Waals surface area (Å²) >= 11 is 0. The van der Waals surface area contributed by atoms with Crippen LogP contribution < -0.4 is 4.74 Å². The van der Waals surface area contributed by atoms with Crippen molar-refractivity contribution in [1.29, 1.82) is 0 Å². The van der Waals surface area contributed by atoms with Gasteiger partial charge in [-0.1, -0.05) is 78.9 Å². The van der Waals surface area contributed by atoms with Gasteiger partial charge in [0.2, 0.25) is 0 Å². The second-order valence-electron chi connectivity index (χ2n) is 9.34. The monoisotopic (exact) mass is 509 g/mol. The molecule has 0 unspecified atom stereocenters. The molecule has 1 heterocycles. The first-order valence-electron chi connectivity index (χ1n) is 12.9. The average molecular weight is 510 g/mol. The van der Waals surface area contributed by atoms with E-state index in [2.05, 4.69) is 95.6 Å². The number of esters is 1. The van der Waals surface area contributed by atoms with Crippen molar-refractivity contribution in [1.82, 2.24) is 4.57 Å². The van der Waals surface area contributed by atoms with E-state index < -0.39 is 0 Å². The lowest BCUT2D eigenvalue weighted by molar-refractivity contribution is 0.0600. The zero-order chi connectivity index (χ0) is 26.6. The molecule has 5 aromatic carbocycles. The molecule has 4 nitrogen and oxygen atoms in total. The van der Waals surface area contributed by atoms with Gasteiger partial charge < -0.3 is 14.0 Å². The quantitative estimate of drug-likeness (QED) is 0.203. The molecule has 0 radical (unpaired) electrons. The lowest BCUT2D eigenvalue weighted by Crippen LogP contribution is -2.02. The Morgan fingerprint density at radius 2 is 1.28 bits per heavy atom. The number of ether oxygens (including phenoxy) is 2.